The highest BCUT2D eigenvalue weighted by Gasteiger charge is 2.53. The first-order chi connectivity index (χ1) is 21.8. The number of amides is 1. The van der Waals surface area contributed by atoms with E-state index >= 15 is 0 Å². The zero-order valence-electron chi connectivity index (χ0n) is 24.7. The summed E-state index contributed by atoms with van der Waals surface area (Å²) in [6.45, 7) is 3.28. The van der Waals surface area contributed by atoms with Gasteiger partial charge in [0.2, 0.25) is 12.2 Å². The van der Waals surface area contributed by atoms with E-state index in [-0.39, 0.29) is 36.9 Å². The maximum atomic E-state index is 12.9. The second-order valence-electron chi connectivity index (χ2n) is 11.3. The van der Waals surface area contributed by atoms with E-state index in [1.165, 1.54) is 37.3 Å². The van der Waals surface area contributed by atoms with Crippen molar-refractivity contribution in [2.75, 3.05) is 13.4 Å². The number of carbonyl (C=O) groups excluding carboxylic acids is 1. The van der Waals surface area contributed by atoms with Gasteiger partial charge in [-0.25, -0.2) is 0 Å². The van der Waals surface area contributed by atoms with Crippen LogP contribution in [0.5, 0.6) is 17.2 Å². The maximum Gasteiger partial charge on any atom is 0.247 e. The lowest BCUT2D eigenvalue weighted by molar-refractivity contribution is -0.155. The Balaban J connectivity index is 1.16. The number of nitrogens with one attached hydrogen (secondary N) is 1. The van der Waals surface area contributed by atoms with Crippen LogP contribution in [0.3, 0.4) is 0 Å². The van der Waals surface area contributed by atoms with Crippen LogP contribution < -0.4 is 14.8 Å². The standard InChI is InChI=1S/C31H34Cl3NO11/c1-13(5-6-42-22-10-17(33)16(32)9-18(22)34)28-20(37)11-23(46-28)45-21-4-3-15(8-19(21)36)7-14(2)31(41)35-24-25(38)27(40)30-29(26(24)39)43-12-44-30/h3-5,7-10,20,23-30,36-40H,6,11-12H2,1-2H3,(H,35,41)/b13-5+,14-7+/t20-,23+,24+,25-,26+,27+,28+,29-,30+/m0/s1. The fourth-order valence-electron chi connectivity index (χ4n) is 5.51. The summed E-state index contributed by atoms with van der Waals surface area (Å²) in [4.78, 5) is 12.9. The van der Waals surface area contributed by atoms with Gasteiger partial charge in [0, 0.05) is 18.1 Å². The van der Waals surface area contributed by atoms with E-state index in [2.05, 4.69) is 5.32 Å². The molecule has 2 heterocycles. The number of rotatable bonds is 9. The van der Waals surface area contributed by atoms with Crippen molar-refractivity contribution >= 4 is 46.8 Å². The molecule has 2 aromatic rings. The predicted octanol–water partition coefficient (Wildman–Crippen LogP) is 2.96. The molecule has 0 spiro atoms. The van der Waals surface area contributed by atoms with Gasteiger partial charge >= 0.3 is 0 Å². The molecule has 2 aliphatic heterocycles. The Bertz CT molecular complexity index is 1500. The number of hydrogen-bond donors (Lipinski definition) is 6. The first-order valence-electron chi connectivity index (χ1n) is 14.4. The number of halogens is 3. The minimum atomic E-state index is -1.48. The molecule has 1 amide bonds. The molecular formula is C31H34Cl3NO11. The van der Waals surface area contributed by atoms with Crippen molar-refractivity contribution in [1.82, 2.24) is 5.32 Å². The monoisotopic (exact) mass is 701 g/mol. The van der Waals surface area contributed by atoms with Crippen LogP contribution in [-0.4, -0.2) is 99.9 Å². The van der Waals surface area contributed by atoms with Gasteiger partial charge in [0.25, 0.3) is 0 Å². The van der Waals surface area contributed by atoms with Gasteiger partial charge in [-0.05, 0) is 55.3 Å². The van der Waals surface area contributed by atoms with Crippen LogP contribution in [0.1, 0.15) is 25.8 Å². The quantitative estimate of drug-likeness (QED) is 0.129. The van der Waals surface area contributed by atoms with Crippen LogP contribution in [0.4, 0.5) is 0 Å². The van der Waals surface area contributed by atoms with Crippen molar-refractivity contribution in [3.05, 3.63) is 68.2 Å². The van der Waals surface area contributed by atoms with E-state index < -0.39 is 61.0 Å². The molecule has 12 nitrogen and oxygen atoms in total. The van der Waals surface area contributed by atoms with Crippen molar-refractivity contribution in [3.63, 3.8) is 0 Å². The van der Waals surface area contributed by atoms with Crippen LogP contribution in [0, 0.1) is 0 Å². The summed E-state index contributed by atoms with van der Waals surface area (Å²) in [7, 11) is 0. The highest BCUT2D eigenvalue weighted by Crippen LogP contribution is 2.36. The van der Waals surface area contributed by atoms with Crippen LogP contribution >= 0.6 is 34.8 Å². The third-order valence-electron chi connectivity index (χ3n) is 8.03. The van der Waals surface area contributed by atoms with Gasteiger partial charge in [-0.2, -0.15) is 0 Å². The molecule has 5 rings (SSSR count). The Morgan fingerprint density at radius 3 is 2.37 bits per heavy atom. The number of aliphatic hydroxyl groups excluding tert-OH is 4. The minimum absolute atomic E-state index is 0.104. The van der Waals surface area contributed by atoms with Gasteiger partial charge in [-0.1, -0.05) is 40.9 Å². The molecule has 0 bridgehead atoms. The lowest BCUT2D eigenvalue weighted by atomic mass is 9.83. The summed E-state index contributed by atoms with van der Waals surface area (Å²) in [6.07, 6.45) is -4.98. The zero-order chi connectivity index (χ0) is 33.3. The molecule has 0 aromatic heterocycles. The Labute approximate surface area is 279 Å². The zero-order valence-corrected chi connectivity index (χ0v) is 26.9. The van der Waals surface area contributed by atoms with Gasteiger partial charge in [-0.3, -0.25) is 4.79 Å². The summed E-state index contributed by atoms with van der Waals surface area (Å²) >= 11 is 18.1. The molecule has 2 saturated heterocycles. The number of aliphatic hydroxyl groups is 4. The summed E-state index contributed by atoms with van der Waals surface area (Å²) in [5.74, 6) is -0.380. The van der Waals surface area contributed by atoms with Crippen LogP contribution in [0.25, 0.3) is 6.08 Å². The maximum absolute atomic E-state index is 12.9. The molecule has 6 N–H and O–H groups in total. The van der Waals surface area contributed by atoms with Gasteiger partial charge in [-0.15, -0.1) is 0 Å². The minimum Gasteiger partial charge on any atom is -0.504 e. The summed E-state index contributed by atoms with van der Waals surface area (Å²) < 4.78 is 27.9. The van der Waals surface area contributed by atoms with E-state index in [0.717, 1.165) is 0 Å². The first kappa shape index (κ1) is 34.7. The molecule has 2 aromatic carbocycles. The molecule has 0 unspecified atom stereocenters. The number of aromatic hydroxyl groups is 1. The molecule has 1 saturated carbocycles. The summed E-state index contributed by atoms with van der Waals surface area (Å²) in [5.41, 5.74) is 1.35. The Kier molecular flexibility index (Phi) is 11.1. The molecule has 250 valence electrons. The molecule has 46 heavy (non-hydrogen) atoms. The number of hydrogen-bond acceptors (Lipinski definition) is 11. The van der Waals surface area contributed by atoms with Crippen molar-refractivity contribution in [2.45, 2.75) is 75.3 Å². The van der Waals surface area contributed by atoms with E-state index in [4.69, 9.17) is 58.5 Å². The average Bonchev–Trinajstić information content (AvgIpc) is 3.65. The Morgan fingerprint density at radius 2 is 1.65 bits per heavy atom. The molecule has 15 heteroatoms. The van der Waals surface area contributed by atoms with Crippen molar-refractivity contribution in [3.8, 4) is 17.2 Å². The topological polar surface area (TPSA) is 176 Å². The van der Waals surface area contributed by atoms with Gasteiger partial charge in [0.05, 0.1) is 27.2 Å². The molecular weight excluding hydrogens is 669 g/mol. The highest BCUT2D eigenvalue weighted by molar-refractivity contribution is 6.43. The molecule has 9 atom stereocenters. The number of ether oxygens (including phenoxy) is 5. The fraction of sp³-hybridized carbons (Fsp3) is 0.452. The Morgan fingerprint density at radius 1 is 0.957 bits per heavy atom. The lowest BCUT2D eigenvalue weighted by Crippen LogP contribution is -2.67. The Hall–Kier alpha value is -2.62. The summed E-state index contributed by atoms with van der Waals surface area (Å²) in [6, 6.07) is 6.28. The molecule has 0 radical (unpaired) electrons. The first-order valence-corrected chi connectivity index (χ1v) is 15.5. The third-order valence-corrected chi connectivity index (χ3v) is 9.05. The second kappa shape index (κ2) is 14.7. The van der Waals surface area contributed by atoms with E-state index in [9.17, 15) is 30.3 Å². The molecule has 1 aliphatic carbocycles. The molecule has 3 aliphatic rings. The number of benzene rings is 2. The largest absolute Gasteiger partial charge is 0.504 e. The predicted molar refractivity (Wildman–Crippen MR) is 167 cm³/mol. The third kappa shape index (κ3) is 7.57. The number of phenolic OH excluding ortho intramolecular Hbond substituents is 1. The smallest absolute Gasteiger partial charge is 0.247 e. The van der Waals surface area contributed by atoms with Crippen LogP contribution in [-0.2, 0) is 19.0 Å². The van der Waals surface area contributed by atoms with E-state index in [1.807, 2.05) is 0 Å². The fourth-order valence-corrected chi connectivity index (χ4v) is 6.10. The number of carbonyl (C=O) groups is 1. The van der Waals surface area contributed by atoms with Crippen molar-refractivity contribution in [1.29, 1.82) is 0 Å². The molecule has 3 fully saturated rings. The average molecular weight is 703 g/mol. The van der Waals surface area contributed by atoms with Crippen molar-refractivity contribution in [2.24, 2.45) is 0 Å². The van der Waals surface area contributed by atoms with Crippen molar-refractivity contribution < 1.29 is 54.0 Å². The lowest BCUT2D eigenvalue weighted by Gasteiger charge is -2.41. The highest BCUT2D eigenvalue weighted by atomic mass is 35.5. The SMILES string of the molecule is C/C(=C\c1ccc(O[C@H]2C[C@H](O)[C@@H](/C(C)=C/COc3cc(Cl)c(Cl)cc3Cl)O2)c(O)c1)C(=O)N[C@@H]1[C@H](O)[C@@H](O)[C@H]2OCO[C@H]2[C@@H]1O. The number of phenols is 1. The normalized spacial score (nSPS) is 31.5. The van der Waals surface area contributed by atoms with Crippen LogP contribution in [0.15, 0.2) is 47.6 Å². The number of fused-ring (bicyclic) bond motifs is 1. The van der Waals surface area contributed by atoms with E-state index in [1.54, 1.807) is 19.1 Å². The van der Waals surface area contributed by atoms with Crippen LogP contribution in [0.2, 0.25) is 15.1 Å². The second-order valence-corrected chi connectivity index (χ2v) is 12.5. The van der Waals surface area contributed by atoms with Gasteiger partial charge in [0.1, 0.15) is 55.8 Å². The van der Waals surface area contributed by atoms with Gasteiger partial charge in [0.15, 0.2) is 11.5 Å². The summed E-state index contributed by atoms with van der Waals surface area (Å²) in [5, 5.41) is 56.1. The van der Waals surface area contributed by atoms with E-state index in [0.29, 0.717) is 32.0 Å². The van der Waals surface area contributed by atoms with Gasteiger partial charge < -0.3 is 54.5 Å².